The van der Waals surface area contributed by atoms with Gasteiger partial charge in [-0.2, -0.15) is 0 Å². The smallest absolute Gasteiger partial charge is 0.119 e. The van der Waals surface area contributed by atoms with Crippen LogP contribution in [0.1, 0.15) is 43.4 Å². The van der Waals surface area contributed by atoms with Crippen molar-refractivity contribution in [2.75, 3.05) is 7.11 Å². The lowest BCUT2D eigenvalue weighted by atomic mass is 10.1. The van der Waals surface area contributed by atoms with Crippen LogP contribution in [0.25, 0.3) is 0 Å². The van der Waals surface area contributed by atoms with E-state index in [2.05, 4.69) is 30.4 Å². The van der Waals surface area contributed by atoms with Crippen molar-refractivity contribution in [2.24, 2.45) is 5.92 Å². The molecule has 2 aliphatic carbocycles. The molecule has 92 valence electrons. The summed E-state index contributed by atoms with van der Waals surface area (Å²) in [6.07, 6.45) is 5.14. The molecule has 2 aliphatic rings. The Kier molecular flexibility index (Phi) is 2.83. The number of fused-ring (bicyclic) bond motifs is 1. The highest BCUT2D eigenvalue weighted by Crippen LogP contribution is 2.39. The summed E-state index contributed by atoms with van der Waals surface area (Å²) in [6, 6.07) is 7.83. The first-order valence-corrected chi connectivity index (χ1v) is 6.74. The van der Waals surface area contributed by atoms with Crippen molar-refractivity contribution >= 4 is 0 Å². The van der Waals surface area contributed by atoms with Gasteiger partial charge in [-0.3, -0.25) is 0 Å². The van der Waals surface area contributed by atoms with Crippen molar-refractivity contribution in [3.8, 4) is 5.75 Å². The van der Waals surface area contributed by atoms with Gasteiger partial charge in [0, 0.05) is 12.1 Å². The molecule has 17 heavy (non-hydrogen) atoms. The van der Waals surface area contributed by atoms with Gasteiger partial charge in [-0.25, -0.2) is 0 Å². The molecule has 0 radical (unpaired) electrons. The fourth-order valence-corrected chi connectivity index (χ4v) is 3.04. The minimum Gasteiger partial charge on any atom is -0.497 e. The Labute approximate surface area is 103 Å². The molecule has 1 aromatic carbocycles. The fourth-order valence-electron chi connectivity index (χ4n) is 3.04. The van der Waals surface area contributed by atoms with E-state index in [1.807, 2.05) is 0 Å². The molecule has 0 aromatic heterocycles. The van der Waals surface area contributed by atoms with E-state index in [0.717, 1.165) is 17.7 Å². The quantitative estimate of drug-likeness (QED) is 0.860. The maximum atomic E-state index is 5.32. The Bertz CT molecular complexity index is 415. The van der Waals surface area contributed by atoms with Gasteiger partial charge in [0.25, 0.3) is 0 Å². The van der Waals surface area contributed by atoms with E-state index in [4.69, 9.17) is 4.74 Å². The highest BCUT2D eigenvalue weighted by Gasteiger charge is 2.38. The maximum Gasteiger partial charge on any atom is 0.119 e. The van der Waals surface area contributed by atoms with Gasteiger partial charge < -0.3 is 10.1 Å². The Morgan fingerprint density at radius 2 is 2.29 bits per heavy atom. The van der Waals surface area contributed by atoms with Crippen molar-refractivity contribution in [3.05, 3.63) is 29.3 Å². The molecule has 0 aliphatic heterocycles. The molecule has 0 saturated heterocycles. The number of methoxy groups -OCH3 is 1. The SMILES string of the molecule is CCC1CC1NC1CCc2ccc(OC)cc21. The number of hydrogen-bond acceptors (Lipinski definition) is 2. The predicted octanol–water partition coefficient (Wildman–Crippen LogP) is 3.07. The minimum atomic E-state index is 0.557. The monoisotopic (exact) mass is 231 g/mol. The Morgan fingerprint density at radius 3 is 3.00 bits per heavy atom. The second kappa shape index (κ2) is 4.34. The molecule has 1 aromatic rings. The zero-order valence-electron chi connectivity index (χ0n) is 10.7. The van der Waals surface area contributed by atoms with Crippen molar-refractivity contribution in [1.82, 2.24) is 5.32 Å². The van der Waals surface area contributed by atoms with Gasteiger partial charge in [-0.15, -0.1) is 0 Å². The Morgan fingerprint density at radius 1 is 1.41 bits per heavy atom. The summed E-state index contributed by atoms with van der Waals surface area (Å²) < 4.78 is 5.32. The number of hydrogen-bond donors (Lipinski definition) is 1. The van der Waals surface area contributed by atoms with Gasteiger partial charge in [-0.05, 0) is 48.4 Å². The molecule has 0 bridgehead atoms. The van der Waals surface area contributed by atoms with Crippen LogP contribution in [0.2, 0.25) is 0 Å². The molecule has 0 amide bonds. The van der Waals surface area contributed by atoms with E-state index in [0.29, 0.717) is 6.04 Å². The average Bonchev–Trinajstić information content (AvgIpc) is 3.01. The molecule has 1 N–H and O–H groups in total. The molecule has 3 atom stereocenters. The van der Waals surface area contributed by atoms with Crippen LogP contribution in [-0.4, -0.2) is 13.2 Å². The molecule has 3 rings (SSSR count). The number of aryl methyl sites for hydroxylation is 1. The standard InChI is InChI=1S/C15H21NO/c1-3-10-8-15(10)16-14-7-5-11-4-6-12(17-2)9-13(11)14/h4,6,9-10,14-16H,3,5,7-8H2,1-2H3. The van der Waals surface area contributed by atoms with Crippen LogP contribution in [0.4, 0.5) is 0 Å². The highest BCUT2D eigenvalue weighted by molar-refractivity contribution is 5.41. The van der Waals surface area contributed by atoms with Gasteiger partial charge >= 0.3 is 0 Å². The van der Waals surface area contributed by atoms with E-state index >= 15 is 0 Å². The van der Waals surface area contributed by atoms with Crippen LogP contribution in [-0.2, 0) is 6.42 Å². The van der Waals surface area contributed by atoms with Crippen LogP contribution in [0.3, 0.4) is 0 Å². The van der Waals surface area contributed by atoms with Crippen molar-refractivity contribution < 1.29 is 4.74 Å². The fraction of sp³-hybridized carbons (Fsp3) is 0.600. The van der Waals surface area contributed by atoms with Crippen LogP contribution in [0, 0.1) is 5.92 Å². The molecule has 0 heterocycles. The Balaban J connectivity index is 1.73. The van der Waals surface area contributed by atoms with E-state index < -0.39 is 0 Å². The topological polar surface area (TPSA) is 21.3 Å². The lowest BCUT2D eigenvalue weighted by Gasteiger charge is -2.14. The van der Waals surface area contributed by atoms with Gasteiger partial charge in [0.2, 0.25) is 0 Å². The van der Waals surface area contributed by atoms with Crippen molar-refractivity contribution in [2.45, 2.75) is 44.7 Å². The third-order valence-corrected chi connectivity index (χ3v) is 4.29. The second-order valence-electron chi connectivity index (χ2n) is 5.33. The van der Waals surface area contributed by atoms with Crippen LogP contribution in [0.5, 0.6) is 5.75 Å². The zero-order valence-corrected chi connectivity index (χ0v) is 10.7. The largest absolute Gasteiger partial charge is 0.497 e. The summed E-state index contributed by atoms with van der Waals surface area (Å²) in [5.41, 5.74) is 2.96. The Hall–Kier alpha value is -1.02. The van der Waals surface area contributed by atoms with Gasteiger partial charge in [0.05, 0.1) is 7.11 Å². The third kappa shape index (κ3) is 2.06. The van der Waals surface area contributed by atoms with Crippen molar-refractivity contribution in [1.29, 1.82) is 0 Å². The first-order valence-electron chi connectivity index (χ1n) is 6.74. The molecule has 2 heteroatoms. The van der Waals surface area contributed by atoms with Gasteiger partial charge in [-0.1, -0.05) is 19.4 Å². The summed E-state index contributed by atoms with van der Waals surface area (Å²) in [7, 11) is 1.74. The number of ether oxygens (including phenoxy) is 1. The van der Waals surface area contributed by atoms with E-state index in [-0.39, 0.29) is 0 Å². The zero-order chi connectivity index (χ0) is 11.8. The second-order valence-corrected chi connectivity index (χ2v) is 5.33. The van der Waals surface area contributed by atoms with Gasteiger partial charge in [0.15, 0.2) is 0 Å². The third-order valence-electron chi connectivity index (χ3n) is 4.29. The summed E-state index contributed by atoms with van der Waals surface area (Å²) in [5.74, 6) is 1.91. The predicted molar refractivity (Wildman–Crippen MR) is 69.4 cm³/mol. The lowest BCUT2D eigenvalue weighted by molar-refractivity contribution is 0.413. The number of nitrogens with one attached hydrogen (secondary N) is 1. The maximum absolute atomic E-state index is 5.32. The molecule has 0 spiro atoms. The average molecular weight is 231 g/mol. The number of rotatable bonds is 4. The summed E-state index contributed by atoms with van der Waals surface area (Å²) in [6.45, 7) is 2.29. The molecule has 3 unspecified atom stereocenters. The normalized spacial score (nSPS) is 30.1. The molecule has 2 nitrogen and oxygen atoms in total. The molecule has 1 fully saturated rings. The summed E-state index contributed by atoms with van der Waals surface area (Å²) in [5, 5.41) is 3.81. The molecule has 1 saturated carbocycles. The van der Waals surface area contributed by atoms with Crippen LogP contribution >= 0.6 is 0 Å². The number of benzene rings is 1. The van der Waals surface area contributed by atoms with E-state index in [9.17, 15) is 0 Å². The molecular formula is C15H21NO. The minimum absolute atomic E-state index is 0.557. The van der Waals surface area contributed by atoms with E-state index in [1.54, 1.807) is 7.11 Å². The van der Waals surface area contributed by atoms with Crippen LogP contribution < -0.4 is 10.1 Å². The summed E-state index contributed by atoms with van der Waals surface area (Å²) >= 11 is 0. The van der Waals surface area contributed by atoms with Crippen LogP contribution in [0.15, 0.2) is 18.2 Å². The lowest BCUT2D eigenvalue weighted by Crippen LogP contribution is -2.22. The first kappa shape index (κ1) is 11.1. The van der Waals surface area contributed by atoms with E-state index in [1.165, 1.54) is 36.8 Å². The molecular weight excluding hydrogens is 210 g/mol. The van der Waals surface area contributed by atoms with Crippen molar-refractivity contribution in [3.63, 3.8) is 0 Å². The van der Waals surface area contributed by atoms with Gasteiger partial charge in [0.1, 0.15) is 5.75 Å². The first-order chi connectivity index (χ1) is 8.31. The summed E-state index contributed by atoms with van der Waals surface area (Å²) in [4.78, 5) is 0. The highest BCUT2D eigenvalue weighted by atomic mass is 16.5.